The second-order valence-corrected chi connectivity index (χ2v) is 5.13. The van der Waals surface area contributed by atoms with Gasteiger partial charge in [0.15, 0.2) is 0 Å². The van der Waals surface area contributed by atoms with Crippen molar-refractivity contribution in [3.8, 4) is 5.75 Å². The van der Waals surface area contributed by atoms with Crippen molar-refractivity contribution >= 4 is 27.4 Å². The molecule has 1 aromatic heterocycles. The molecule has 0 unspecified atom stereocenters. The molecule has 0 saturated heterocycles. The monoisotopic (exact) mass is 351 g/mol. The minimum atomic E-state index is -0.462. The topological polar surface area (TPSA) is 77.3 Å². The summed E-state index contributed by atoms with van der Waals surface area (Å²) in [5.74, 6) is 1.01. The zero-order valence-corrected chi connectivity index (χ0v) is 13.0. The Kier molecular flexibility index (Phi) is 5.10. The minimum absolute atomic E-state index is 0.0645. The maximum absolute atomic E-state index is 11.0. The van der Waals surface area contributed by atoms with Crippen LogP contribution in [0, 0.1) is 10.1 Å². The lowest BCUT2D eigenvalue weighted by Gasteiger charge is -2.08. The summed E-state index contributed by atoms with van der Waals surface area (Å²) in [5, 5.41) is 14.0. The maximum atomic E-state index is 11.0. The summed E-state index contributed by atoms with van der Waals surface area (Å²) in [6.45, 7) is 2.94. The highest BCUT2D eigenvalue weighted by molar-refractivity contribution is 9.10. The van der Waals surface area contributed by atoms with Crippen molar-refractivity contribution in [2.45, 2.75) is 13.5 Å². The molecular weight excluding hydrogens is 338 g/mol. The Morgan fingerprint density at radius 1 is 1.43 bits per heavy atom. The molecule has 1 aromatic carbocycles. The molecule has 6 nitrogen and oxygen atoms in total. The van der Waals surface area contributed by atoms with Crippen molar-refractivity contribution < 1.29 is 9.66 Å². The third-order valence-electron chi connectivity index (χ3n) is 2.70. The van der Waals surface area contributed by atoms with Crippen LogP contribution in [0.5, 0.6) is 5.75 Å². The van der Waals surface area contributed by atoms with Crippen LogP contribution in [-0.4, -0.2) is 16.5 Å². The van der Waals surface area contributed by atoms with Gasteiger partial charge in [-0.2, -0.15) is 0 Å². The molecule has 0 fully saturated rings. The molecule has 0 aliphatic rings. The number of hydrogen-bond donors (Lipinski definition) is 1. The van der Waals surface area contributed by atoms with Crippen molar-refractivity contribution in [3.05, 3.63) is 56.7 Å². The van der Waals surface area contributed by atoms with Crippen molar-refractivity contribution in [2.75, 3.05) is 11.9 Å². The first-order chi connectivity index (χ1) is 10.1. The van der Waals surface area contributed by atoms with Crippen molar-refractivity contribution in [2.24, 2.45) is 0 Å². The van der Waals surface area contributed by atoms with Crippen LogP contribution in [0.25, 0.3) is 0 Å². The molecule has 2 aromatic rings. The molecule has 0 aliphatic carbocycles. The van der Waals surface area contributed by atoms with E-state index in [1.807, 2.05) is 31.2 Å². The molecule has 0 radical (unpaired) electrons. The number of anilines is 1. The van der Waals surface area contributed by atoms with Gasteiger partial charge in [-0.05, 0) is 40.5 Å². The van der Waals surface area contributed by atoms with Gasteiger partial charge in [0, 0.05) is 23.3 Å². The number of nitrogens with one attached hydrogen (secondary N) is 1. The predicted molar refractivity (Wildman–Crippen MR) is 83.5 cm³/mol. The highest BCUT2D eigenvalue weighted by Crippen LogP contribution is 2.26. The van der Waals surface area contributed by atoms with Gasteiger partial charge in [-0.3, -0.25) is 10.1 Å². The Morgan fingerprint density at radius 3 is 2.95 bits per heavy atom. The molecule has 7 heteroatoms. The van der Waals surface area contributed by atoms with Crippen LogP contribution in [0.3, 0.4) is 0 Å². The number of benzene rings is 1. The molecule has 0 aliphatic heterocycles. The summed E-state index contributed by atoms with van der Waals surface area (Å²) in [6, 6.07) is 8.98. The average molecular weight is 352 g/mol. The SMILES string of the molecule is CCOc1cccc(CNc2ncc(Br)cc2[N+](=O)[O-])c1. The van der Waals surface area contributed by atoms with Gasteiger partial charge >= 0.3 is 5.69 Å². The lowest BCUT2D eigenvalue weighted by molar-refractivity contribution is -0.384. The van der Waals surface area contributed by atoms with Gasteiger partial charge in [0.05, 0.1) is 11.5 Å². The van der Waals surface area contributed by atoms with E-state index in [1.165, 1.54) is 12.3 Å². The summed E-state index contributed by atoms with van der Waals surface area (Å²) >= 11 is 3.18. The van der Waals surface area contributed by atoms with E-state index in [-0.39, 0.29) is 11.5 Å². The lowest BCUT2D eigenvalue weighted by atomic mass is 10.2. The number of hydrogen-bond acceptors (Lipinski definition) is 5. The van der Waals surface area contributed by atoms with Crippen LogP contribution in [0.2, 0.25) is 0 Å². The largest absolute Gasteiger partial charge is 0.494 e. The standard InChI is InChI=1S/C14H14BrN3O3/c1-2-21-12-5-3-4-10(6-12)8-16-14-13(18(19)20)7-11(15)9-17-14/h3-7,9H,2,8H2,1H3,(H,16,17). The Morgan fingerprint density at radius 2 is 2.24 bits per heavy atom. The molecule has 0 bridgehead atoms. The van der Waals surface area contributed by atoms with Gasteiger partial charge in [0.25, 0.3) is 0 Å². The number of rotatable bonds is 6. The number of nitrogens with zero attached hydrogens (tertiary/aromatic N) is 2. The fourth-order valence-corrected chi connectivity index (χ4v) is 2.12. The molecular formula is C14H14BrN3O3. The zero-order valence-electron chi connectivity index (χ0n) is 11.4. The zero-order chi connectivity index (χ0) is 15.2. The summed E-state index contributed by atoms with van der Waals surface area (Å²) in [4.78, 5) is 14.6. The smallest absolute Gasteiger partial charge is 0.312 e. The van der Waals surface area contributed by atoms with E-state index in [9.17, 15) is 10.1 Å². The fraction of sp³-hybridized carbons (Fsp3) is 0.214. The van der Waals surface area contributed by atoms with Crippen LogP contribution >= 0.6 is 15.9 Å². The Labute approximate surface area is 130 Å². The predicted octanol–water partition coefficient (Wildman–Crippen LogP) is 3.76. The molecule has 21 heavy (non-hydrogen) atoms. The minimum Gasteiger partial charge on any atom is -0.494 e. The summed E-state index contributed by atoms with van der Waals surface area (Å²) in [7, 11) is 0. The molecule has 1 N–H and O–H groups in total. The number of aromatic nitrogens is 1. The second kappa shape index (κ2) is 7.03. The van der Waals surface area contributed by atoms with Gasteiger partial charge in [0.2, 0.25) is 5.82 Å². The van der Waals surface area contributed by atoms with Crippen molar-refractivity contribution in [1.82, 2.24) is 4.98 Å². The number of ether oxygens (including phenoxy) is 1. The fourth-order valence-electron chi connectivity index (χ4n) is 1.80. The van der Waals surface area contributed by atoms with E-state index in [0.717, 1.165) is 11.3 Å². The Hall–Kier alpha value is -2.15. The quantitative estimate of drug-likeness (QED) is 0.633. The van der Waals surface area contributed by atoms with Crippen LogP contribution in [0.15, 0.2) is 41.0 Å². The first kappa shape index (κ1) is 15.2. The highest BCUT2D eigenvalue weighted by Gasteiger charge is 2.15. The summed E-state index contributed by atoms with van der Waals surface area (Å²) in [6.07, 6.45) is 1.52. The van der Waals surface area contributed by atoms with Crippen LogP contribution < -0.4 is 10.1 Å². The van der Waals surface area contributed by atoms with Gasteiger partial charge in [-0.15, -0.1) is 0 Å². The summed E-state index contributed by atoms with van der Waals surface area (Å²) < 4.78 is 5.99. The molecule has 2 rings (SSSR count). The molecule has 0 spiro atoms. The third-order valence-corrected chi connectivity index (χ3v) is 3.13. The van der Waals surface area contributed by atoms with Crippen LogP contribution in [0.4, 0.5) is 11.5 Å². The van der Waals surface area contributed by atoms with Crippen LogP contribution in [-0.2, 0) is 6.54 Å². The number of halogens is 1. The van der Waals surface area contributed by atoms with Crippen LogP contribution in [0.1, 0.15) is 12.5 Å². The van der Waals surface area contributed by atoms with Gasteiger partial charge in [0.1, 0.15) is 5.75 Å². The van der Waals surface area contributed by atoms with Gasteiger partial charge in [-0.1, -0.05) is 12.1 Å². The first-order valence-electron chi connectivity index (χ1n) is 6.35. The van der Waals surface area contributed by atoms with Gasteiger partial charge < -0.3 is 10.1 Å². The molecule has 110 valence electrons. The molecule has 0 amide bonds. The lowest BCUT2D eigenvalue weighted by Crippen LogP contribution is -2.05. The van der Waals surface area contributed by atoms with Crippen molar-refractivity contribution in [3.63, 3.8) is 0 Å². The maximum Gasteiger partial charge on any atom is 0.312 e. The normalized spacial score (nSPS) is 10.2. The van der Waals surface area contributed by atoms with Crippen molar-refractivity contribution in [1.29, 1.82) is 0 Å². The third kappa shape index (κ3) is 4.16. The highest BCUT2D eigenvalue weighted by atomic mass is 79.9. The second-order valence-electron chi connectivity index (χ2n) is 4.21. The Balaban J connectivity index is 2.13. The van der Waals surface area contributed by atoms with E-state index in [2.05, 4.69) is 26.2 Å². The molecule has 0 saturated carbocycles. The van der Waals surface area contributed by atoms with E-state index in [0.29, 0.717) is 17.6 Å². The van der Waals surface area contributed by atoms with E-state index in [4.69, 9.17) is 4.74 Å². The average Bonchev–Trinajstić information content (AvgIpc) is 2.46. The van der Waals surface area contributed by atoms with E-state index < -0.39 is 4.92 Å². The first-order valence-corrected chi connectivity index (χ1v) is 7.15. The van der Waals surface area contributed by atoms with E-state index in [1.54, 1.807) is 0 Å². The Bertz CT molecular complexity index is 649. The number of pyridine rings is 1. The van der Waals surface area contributed by atoms with E-state index >= 15 is 0 Å². The molecule has 0 atom stereocenters. The summed E-state index contributed by atoms with van der Waals surface area (Å²) in [5.41, 5.74) is 0.894. The van der Waals surface area contributed by atoms with Gasteiger partial charge in [-0.25, -0.2) is 4.98 Å². The number of nitro groups is 1. The molecule has 1 heterocycles.